The third-order valence-corrected chi connectivity index (χ3v) is 3.38. The maximum atomic E-state index is 13.7. The van der Waals surface area contributed by atoms with Crippen molar-refractivity contribution in [3.05, 3.63) is 62.4 Å². The lowest BCUT2D eigenvalue weighted by molar-refractivity contribution is -0.385. The second-order valence-electron chi connectivity index (χ2n) is 4.23. The number of ether oxygens (including phenoxy) is 1. The molecule has 0 amide bonds. The standard InChI is InChI=1S/C14H12BrFN2O3/c1-21-11-4-5-12(16)13(7-11)17-8-9-2-3-10(15)6-14(9)18(19)20/h2-7,17H,8H2,1H3. The molecular formula is C14H12BrFN2O3. The number of halogens is 2. The lowest BCUT2D eigenvalue weighted by atomic mass is 10.1. The fourth-order valence-electron chi connectivity index (χ4n) is 1.81. The summed E-state index contributed by atoms with van der Waals surface area (Å²) in [5.41, 5.74) is 0.664. The molecule has 0 aliphatic carbocycles. The van der Waals surface area contributed by atoms with E-state index in [-0.39, 0.29) is 17.9 Å². The zero-order valence-electron chi connectivity index (χ0n) is 11.1. The Balaban J connectivity index is 2.22. The minimum atomic E-state index is -0.469. The van der Waals surface area contributed by atoms with E-state index in [0.29, 0.717) is 15.8 Å². The molecule has 0 unspecified atom stereocenters. The summed E-state index contributed by atoms with van der Waals surface area (Å²) in [6.07, 6.45) is 0. The monoisotopic (exact) mass is 354 g/mol. The maximum Gasteiger partial charge on any atom is 0.275 e. The van der Waals surface area contributed by atoms with Crippen molar-refractivity contribution >= 4 is 27.3 Å². The van der Waals surface area contributed by atoms with Crippen molar-refractivity contribution in [2.45, 2.75) is 6.54 Å². The van der Waals surface area contributed by atoms with Crippen LogP contribution < -0.4 is 10.1 Å². The van der Waals surface area contributed by atoms with E-state index in [1.54, 1.807) is 12.1 Å². The van der Waals surface area contributed by atoms with Gasteiger partial charge in [0, 0.05) is 28.7 Å². The molecule has 0 aliphatic rings. The maximum absolute atomic E-state index is 13.7. The Labute approximate surface area is 129 Å². The summed E-state index contributed by atoms with van der Waals surface area (Å²) < 4.78 is 19.3. The Kier molecular flexibility index (Phi) is 4.74. The van der Waals surface area contributed by atoms with Gasteiger partial charge in [0.15, 0.2) is 0 Å². The van der Waals surface area contributed by atoms with Crippen LogP contribution in [0.15, 0.2) is 40.9 Å². The Morgan fingerprint density at radius 3 is 2.76 bits per heavy atom. The molecule has 110 valence electrons. The van der Waals surface area contributed by atoms with E-state index < -0.39 is 10.7 Å². The van der Waals surface area contributed by atoms with Crippen LogP contribution in [0.4, 0.5) is 15.8 Å². The Bertz CT molecular complexity index is 679. The molecule has 7 heteroatoms. The van der Waals surface area contributed by atoms with E-state index >= 15 is 0 Å². The first-order chi connectivity index (χ1) is 10.0. The number of hydrogen-bond acceptors (Lipinski definition) is 4. The summed E-state index contributed by atoms with van der Waals surface area (Å²) >= 11 is 3.19. The van der Waals surface area contributed by atoms with Gasteiger partial charge in [-0.2, -0.15) is 0 Å². The minimum Gasteiger partial charge on any atom is -0.497 e. The van der Waals surface area contributed by atoms with Crippen molar-refractivity contribution in [1.82, 2.24) is 0 Å². The fraction of sp³-hybridized carbons (Fsp3) is 0.143. The van der Waals surface area contributed by atoms with Crippen molar-refractivity contribution in [2.75, 3.05) is 12.4 Å². The number of nitrogens with zero attached hydrogens (tertiary/aromatic N) is 1. The highest BCUT2D eigenvalue weighted by Crippen LogP contribution is 2.26. The number of nitro groups is 1. The largest absolute Gasteiger partial charge is 0.497 e. The van der Waals surface area contributed by atoms with Gasteiger partial charge in [-0.1, -0.05) is 15.9 Å². The minimum absolute atomic E-state index is 0.0276. The molecule has 0 saturated carbocycles. The van der Waals surface area contributed by atoms with Gasteiger partial charge in [-0.3, -0.25) is 10.1 Å². The van der Waals surface area contributed by atoms with E-state index in [2.05, 4.69) is 21.2 Å². The molecule has 0 aromatic heterocycles. The fourth-order valence-corrected chi connectivity index (χ4v) is 2.16. The molecule has 2 aromatic rings. The molecular weight excluding hydrogens is 343 g/mol. The number of benzene rings is 2. The van der Waals surface area contributed by atoms with Crippen LogP contribution in [0.1, 0.15) is 5.56 Å². The molecule has 0 aliphatic heterocycles. The van der Waals surface area contributed by atoms with Gasteiger partial charge >= 0.3 is 0 Å². The number of anilines is 1. The molecule has 2 aromatic carbocycles. The highest BCUT2D eigenvalue weighted by molar-refractivity contribution is 9.10. The number of rotatable bonds is 5. The summed E-state index contributed by atoms with van der Waals surface area (Å²) in [6, 6.07) is 9.01. The second kappa shape index (κ2) is 6.53. The van der Waals surface area contributed by atoms with E-state index in [0.717, 1.165) is 0 Å². The Morgan fingerprint density at radius 2 is 2.10 bits per heavy atom. The first-order valence-electron chi connectivity index (χ1n) is 6.01. The molecule has 21 heavy (non-hydrogen) atoms. The lowest BCUT2D eigenvalue weighted by Crippen LogP contribution is -2.04. The topological polar surface area (TPSA) is 64.4 Å². The highest BCUT2D eigenvalue weighted by Gasteiger charge is 2.14. The average Bonchev–Trinajstić information content (AvgIpc) is 2.47. The number of nitrogens with one attached hydrogen (secondary N) is 1. The summed E-state index contributed by atoms with van der Waals surface area (Å²) in [4.78, 5) is 10.5. The molecule has 0 saturated heterocycles. The first-order valence-corrected chi connectivity index (χ1v) is 6.81. The van der Waals surface area contributed by atoms with Gasteiger partial charge in [0.1, 0.15) is 11.6 Å². The molecule has 1 N–H and O–H groups in total. The molecule has 0 heterocycles. The second-order valence-corrected chi connectivity index (χ2v) is 5.15. The van der Waals surface area contributed by atoms with Crippen LogP contribution >= 0.6 is 15.9 Å². The van der Waals surface area contributed by atoms with Gasteiger partial charge in [0.05, 0.1) is 17.7 Å². The van der Waals surface area contributed by atoms with Gasteiger partial charge in [-0.05, 0) is 24.3 Å². The third-order valence-electron chi connectivity index (χ3n) is 2.89. The molecule has 0 atom stereocenters. The van der Waals surface area contributed by atoms with Crippen molar-refractivity contribution < 1.29 is 14.1 Å². The van der Waals surface area contributed by atoms with Crippen molar-refractivity contribution in [3.63, 3.8) is 0 Å². The highest BCUT2D eigenvalue weighted by atomic mass is 79.9. The zero-order chi connectivity index (χ0) is 15.4. The lowest BCUT2D eigenvalue weighted by Gasteiger charge is -2.10. The van der Waals surface area contributed by atoms with E-state index in [9.17, 15) is 14.5 Å². The third kappa shape index (κ3) is 3.69. The summed E-state index contributed by atoms with van der Waals surface area (Å²) in [5, 5.41) is 13.9. The average molecular weight is 355 g/mol. The number of hydrogen-bond donors (Lipinski definition) is 1. The normalized spacial score (nSPS) is 10.2. The van der Waals surface area contributed by atoms with Crippen molar-refractivity contribution in [3.8, 4) is 5.75 Å². The van der Waals surface area contributed by atoms with E-state index in [1.807, 2.05) is 0 Å². The molecule has 5 nitrogen and oxygen atoms in total. The van der Waals surface area contributed by atoms with Gasteiger partial charge in [0.25, 0.3) is 5.69 Å². The van der Waals surface area contributed by atoms with Crippen molar-refractivity contribution in [1.29, 1.82) is 0 Å². The van der Waals surface area contributed by atoms with Gasteiger partial charge in [-0.15, -0.1) is 0 Å². The van der Waals surface area contributed by atoms with Crippen LogP contribution in [0.5, 0.6) is 5.75 Å². The molecule has 0 bridgehead atoms. The smallest absolute Gasteiger partial charge is 0.275 e. The molecule has 0 radical (unpaired) electrons. The first kappa shape index (κ1) is 15.2. The van der Waals surface area contributed by atoms with Crippen LogP contribution in [0.2, 0.25) is 0 Å². The Hall–Kier alpha value is -2.15. The van der Waals surface area contributed by atoms with Gasteiger partial charge in [0.2, 0.25) is 0 Å². The molecule has 0 spiro atoms. The number of methoxy groups -OCH3 is 1. The molecule has 2 rings (SSSR count). The zero-order valence-corrected chi connectivity index (χ0v) is 12.7. The van der Waals surface area contributed by atoms with Crippen LogP contribution in [0.3, 0.4) is 0 Å². The van der Waals surface area contributed by atoms with Crippen LogP contribution in [-0.2, 0) is 6.54 Å². The van der Waals surface area contributed by atoms with Crippen LogP contribution in [0.25, 0.3) is 0 Å². The quantitative estimate of drug-likeness (QED) is 0.647. The van der Waals surface area contributed by atoms with Crippen molar-refractivity contribution in [2.24, 2.45) is 0 Å². The predicted molar refractivity (Wildman–Crippen MR) is 81.1 cm³/mol. The van der Waals surface area contributed by atoms with Crippen LogP contribution in [0, 0.1) is 15.9 Å². The van der Waals surface area contributed by atoms with Crippen LogP contribution in [-0.4, -0.2) is 12.0 Å². The van der Waals surface area contributed by atoms with Gasteiger partial charge < -0.3 is 10.1 Å². The van der Waals surface area contributed by atoms with E-state index in [1.165, 1.54) is 31.4 Å². The van der Waals surface area contributed by atoms with E-state index in [4.69, 9.17) is 4.74 Å². The summed E-state index contributed by atoms with van der Waals surface area (Å²) in [5.74, 6) is 0.0553. The summed E-state index contributed by atoms with van der Waals surface area (Å²) in [7, 11) is 1.48. The van der Waals surface area contributed by atoms with Gasteiger partial charge in [-0.25, -0.2) is 4.39 Å². The number of nitro benzene ring substituents is 1. The summed E-state index contributed by atoms with van der Waals surface area (Å²) in [6.45, 7) is 0.133. The predicted octanol–water partition coefficient (Wildman–Crippen LogP) is 4.12. The molecule has 0 fully saturated rings. The Morgan fingerprint density at radius 1 is 1.33 bits per heavy atom. The SMILES string of the molecule is COc1ccc(F)c(NCc2ccc(Br)cc2[N+](=O)[O-])c1.